The van der Waals surface area contributed by atoms with Gasteiger partial charge in [-0.05, 0) is 55.8 Å². The molecule has 3 rings (SSSR count). The Morgan fingerprint density at radius 2 is 1.56 bits per heavy atom. The predicted octanol–water partition coefficient (Wildman–Crippen LogP) is 4.97. The smallest absolute Gasteiger partial charge is 0.119 e. The van der Waals surface area contributed by atoms with Crippen LogP contribution in [0, 0.1) is 0 Å². The molecule has 1 heterocycles. The van der Waals surface area contributed by atoms with Crippen molar-refractivity contribution in [2.75, 3.05) is 44.2 Å². The molecule has 2 aromatic rings. The molecule has 0 amide bonds. The minimum Gasteiger partial charge on any atom is -0.494 e. The molecule has 0 spiro atoms. The van der Waals surface area contributed by atoms with E-state index in [1.807, 2.05) is 42.5 Å². The number of benzene rings is 2. The molecule has 0 aliphatic carbocycles. The molecule has 0 bridgehead atoms. The van der Waals surface area contributed by atoms with Crippen LogP contribution in [0.1, 0.15) is 12.8 Å². The molecule has 0 saturated carbocycles. The maximum Gasteiger partial charge on any atom is 0.119 e. The second-order valence-corrected chi connectivity index (χ2v) is 7.13. The minimum atomic E-state index is 0.739. The van der Waals surface area contributed by atoms with Crippen LogP contribution in [0.15, 0.2) is 48.5 Å². The van der Waals surface area contributed by atoms with Crippen molar-refractivity contribution in [3.05, 3.63) is 58.6 Å². The van der Waals surface area contributed by atoms with E-state index < -0.39 is 0 Å². The van der Waals surface area contributed by atoms with Crippen LogP contribution in [-0.2, 0) is 0 Å². The fraction of sp³-hybridized carbons (Fsp3) is 0.400. The molecule has 3 nitrogen and oxygen atoms in total. The highest BCUT2D eigenvalue weighted by Crippen LogP contribution is 2.26. The molecule has 5 heteroatoms. The number of piperazine rings is 1. The number of para-hydroxylation sites is 1. The van der Waals surface area contributed by atoms with Gasteiger partial charge < -0.3 is 9.64 Å². The van der Waals surface area contributed by atoms with Gasteiger partial charge in [-0.15, -0.1) is 0 Å². The lowest BCUT2D eigenvalue weighted by molar-refractivity contribution is 0.238. The molecule has 1 aliphatic rings. The second-order valence-electron chi connectivity index (χ2n) is 6.29. The number of unbranched alkanes of at least 4 members (excludes halogenated alkanes) is 1. The summed E-state index contributed by atoms with van der Waals surface area (Å²) in [5.74, 6) is 0.887. The molecule has 0 aromatic heterocycles. The van der Waals surface area contributed by atoms with Crippen molar-refractivity contribution in [1.82, 2.24) is 4.90 Å². The number of hydrogen-bond donors (Lipinski definition) is 0. The van der Waals surface area contributed by atoms with E-state index >= 15 is 0 Å². The summed E-state index contributed by atoms with van der Waals surface area (Å²) in [6, 6.07) is 15.6. The Hall–Kier alpha value is -1.42. The SMILES string of the molecule is Clc1ccc(OCCCCN2CCN(c3ccccc3Cl)CC2)cc1. The first-order valence-corrected chi connectivity index (χ1v) is 9.58. The average Bonchev–Trinajstić information content (AvgIpc) is 2.64. The van der Waals surface area contributed by atoms with E-state index in [0.29, 0.717) is 0 Å². The molecule has 1 aliphatic heterocycles. The lowest BCUT2D eigenvalue weighted by Crippen LogP contribution is -2.46. The van der Waals surface area contributed by atoms with E-state index in [4.69, 9.17) is 27.9 Å². The first-order chi connectivity index (χ1) is 12.2. The van der Waals surface area contributed by atoms with E-state index in [0.717, 1.165) is 73.7 Å². The van der Waals surface area contributed by atoms with Gasteiger partial charge in [0.15, 0.2) is 0 Å². The monoisotopic (exact) mass is 378 g/mol. The van der Waals surface area contributed by atoms with Crippen LogP contribution in [-0.4, -0.2) is 44.2 Å². The van der Waals surface area contributed by atoms with E-state index in [2.05, 4.69) is 15.9 Å². The summed E-state index contributed by atoms with van der Waals surface area (Å²) in [5, 5.41) is 1.58. The molecule has 0 N–H and O–H groups in total. The Morgan fingerprint density at radius 3 is 2.28 bits per heavy atom. The molecule has 134 valence electrons. The van der Waals surface area contributed by atoms with Crippen molar-refractivity contribution in [2.24, 2.45) is 0 Å². The maximum atomic E-state index is 6.29. The summed E-state index contributed by atoms with van der Waals surface area (Å²) in [6.07, 6.45) is 2.22. The Kier molecular flexibility index (Phi) is 6.85. The van der Waals surface area contributed by atoms with Crippen molar-refractivity contribution in [2.45, 2.75) is 12.8 Å². The highest BCUT2D eigenvalue weighted by molar-refractivity contribution is 6.33. The van der Waals surface area contributed by atoms with Gasteiger partial charge in [-0.2, -0.15) is 0 Å². The first kappa shape index (κ1) is 18.4. The normalized spacial score (nSPS) is 15.4. The van der Waals surface area contributed by atoms with Crippen LogP contribution in [0.4, 0.5) is 5.69 Å². The zero-order valence-corrected chi connectivity index (χ0v) is 15.8. The summed E-state index contributed by atoms with van der Waals surface area (Å²) >= 11 is 12.2. The third kappa shape index (κ3) is 5.53. The van der Waals surface area contributed by atoms with Gasteiger partial charge in [0, 0.05) is 31.2 Å². The summed E-state index contributed by atoms with van der Waals surface area (Å²) in [6.45, 7) is 6.12. The third-order valence-electron chi connectivity index (χ3n) is 4.52. The van der Waals surface area contributed by atoms with Crippen molar-refractivity contribution < 1.29 is 4.74 Å². The molecule has 0 unspecified atom stereocenters. The van der Waals surface area contributed by atoms with Crippen LogP contribution in [0.3, 0.4) is 0 Å². The highest BCUT2D eigenvalue weighted by atomic mass is 35.5. The topological polar surface area (TPSA) is 15.7 Å². The molecule has 0 atom stereocenters. The minimum absolute atomic E-state index is 0.739. The Bertz CT molecular complexity index is 655. The van der Waals surface area contributed by atoms with Crippen LogP contribution in [0.5, 0.6) is 5.75 Å². The summed E-state index contributed by atoms with van der Waals surface area (Å²) in [5.41, 5.74) is 1.15. The van der Waals surface area contributed by atoms with Gasteiger partial charge in [-0.1, -0.05) is 35.3 Å². The van der Waals surface area contributed by atoms with Crippen molar-refractivity contribution in [3.63, 3.8) is 0 Å². The number of halogens is 2. The standard InChI is InChI=1S/C20H24Cl2N2O/c21-17-7-9-18(10-8-17)25-16-4-3-11-23-12-14-24(15-13-23)20-6-2-1-5-19(20)22/h1-2,5-10H,3-4,11-16H2. The molecule has 0 radical (unpaired) electrons. The van der Waals surface area contributed by atoms with Gasteiger partial charge in [0.25, 0.3) is 0 Å². The van der Waals surface area contributed by atoms with Crippen LogP contribution < -0.4 is 9.64 Å². The Balaban J connectivity index is 1.32. The largest absolute Gasteiger partial charge is 0.494 e. The van der Waals surface area contributed by atoms with Crippen LogP contribution in [0.2, 0.25) is 10.0 Å². The molecule has 1 fully saturated rings. The average molecular weight is 379 g/mol. The highest BCUT2D eigenvalue weighted by Gasteiger charge is 2.18. The number of hydrogen-bond acceptors (Lipinski definition) is 3. The lowest BCUT2D eigenvalue weighted by atomic mass is 10.2. The van der Waals surface area contributed by atoms with E-state index in [9.17, 15) is 0 Å². The van der Waals surface area contributed by atoms with E-state index in [1.165, 1.54) is 0 Å². The number of rotatable bonds is 7. The van der Waals surface area contributed by atoms with Crippen LogP contribution in [0.25, 0.3) is 0 Å². The van der Waals surface area contributed by atoms with Gasteiger partial charge in [0.2, 0.25) is 0 Å². The predicted molar refractivity (Wildman–Crippen MR) is 106 cm³/mol. The quantitative estimate of drug-likeness (QED) is 0.632. The number of nitrogens with zero attached hydrogens (tertiary/aromatic N) is 2. The number of anilines is 1. The molecule has 2 aromatic carbocycles. The molecular weight excluding hydrogens is 355 g/mol. The fourth-order valence-corrected chi connectivity index (χ4v) is 3.46. The lowest BCUT2D eigenvalue weighted by Gasteiger charge is -2.36. The van der Waals surface area contributed by atoms with E-state index in [1.54, 1.807) is 0 Å². The van der Waals surface area contributed by atoms with Gasteiger partial charge in [0.05, 0.1) is 17.3 Å². The fourth-order valence-electron chi connectivity index (χ4n) is 3.08. The number of ether oxygens (including phenoxy) is 1. The van der Waals surface area contributed by atoms with Crippen molar-refractivity contribution in [3.8, 4) is 5.75 Å². The zero-order chi connectivity index (χ0) is 17.5. The Morgan fingerprint density at radius 1 is 0.840 bits per heavy atom. The van der Waals surface area contributed by atoms with E-state index in [-0.39, 0.29) is 0 Å². The third-order valence-corrected chi connectivity index (χ3v) is 5.09. The van der Waals surface area contributed by atoms with Gasteiger partial charge in [-0.3, -0.25) is 4.90 Å². The van der Waals surface area contributed by atoms with Crippen molar-refractivity contribution >= 4 is 28.9 Å². The van der Waals surface area contributed by atoms with Crippen molar-refractivity contribution in [1.29, 1.82) is 0 Å². The maximum absolute atomic E-state index is 6.29. The van der Waals surface area contributed by atoms with Gasteiger partial charge >= 0.3 is 0 Å². The van der Waals surface area contributed by atoms with Gasteiger partial charge in [0.1, 0.15) is 5.75 Å². The summed E-state index contributed by atoms with van der Waals surface area (Å²) in [4.78, 5) is 4.90. The van der Waals surface area contributed by atoms with Crippen LogP contribution >= 0.6 is 23.2 Å². The molecule has 25 heavy (non-hydrogen) atoms. The van der Waals surface area contributed by atoms with Gasteiger partial charge in [-0.25, -0.2) is 0 Å². The summed E-state index contributed by atoms with van der Waals surface area (Å²) in [7, 11) is 0. The Labute approximate surface area is 160 Å². The summed E-state index contributed by atoms with van der Waals surface area (Å²) < 4.78 is 5.74. The second kappa shape index (κ2) is 9.33. The zero-order valence-electron chi connectivity index (χ0n) is 14.3. The first-order valence-electron chi connectivity index (χ1n) is 8.82. The molecular formula is C20H24Cl2N2O. The molecule has 1 saturated heterocycles.